The molecule has 0 heterocycles. The van der Waals surface area contributed by atoms with Crippen LogP contribution in [0.4, 0.5) is 0 Å². The van der Waals surface area contributed by atoms with Crippen LogP contribution in [-0.2, 0) is 16.8 Å². The van der Waals surface area contributed by atoms with Crippen LogP contribution < -0.4 is 4.18 Å². The number of aliphatic hydroxyl groups is 3. The first-order valence-electron chi connectivity index (χ1n) is 8.96. The van der Waals surface area contributed by atoms with Crippen molar-refractivity contribution in [1.82, 2.24) is 0 Å². The highest BCUT2D eigenvalue weighted by molar-refractivity contribution is 7.81. The van der Waals surface area contributed by atoms with Gasteiger partial charge in [-0.15, -0.1) is 0 Å². The molecule has 4 rings (SSSR count). The molecule has 7 atom stereocenters. The van der Waals surface area contributed by atoms with Gasteiger partial charge in [-0.1, -0.05) is 13.0 Å². The van der Waals surface area contributed by atoms with Gasteiger partial charge >= 0.3 is 10.4 Å². The topological polar surface area (TPSA) is 124 Å². The maximum absolute atomic E-state index is 10.9. The van der Waals surface area contributed by atoms with Crippen molar-refractivity contribution in [2.24, 2.45) is 17.3 Å². The van der Waals surface area contributed by atoms with E-state index in [-0.39, 0.29) is 23.5 Å². The molecule has 0 amide bonds. The number of rotatable bonds is 2. The third kappa shape index (κ3) is 2.66. The maximum Gasteiger partial charge on any atom is 0.446 e. The van der Waals surface area contributed by atoms with E-state index in [1.165, 1.54) is 6.07 Å². The normalized spacial score (nSPS) is 41.9. The van der Waals surface area contributed by atoms with Crippen molar-refractivity contribution in [3.05, 3.63) is 29.3 Å². The zero-order valence-corrected chi connectivity index (χ0v) is 15.3. The molecule has 0 bridgehead atoms. The maximum atomic E-state index is 10.9. The highest BCUT2D eigenvalue weighted by atomic mass is 32.3. The Bertz CT molecular complexity index is 823. The molecule has 3 aliphatic rings. The van der Waals surface area contributed by atoms with Crippen molar-refractivity contribution in [2.75, 3.05) is 0 Å². The number of fused-ring (bicyclic) bond motifs is 5. The Morgan fingerprint density at radius 3 is 2.58 bits per heavy atom. The highest BCUT2D eigenvalue weighted by Crippen LogP contribution is 2.61. The fourth-order valence-corrected chi connectivity index (χ4v) is 6.13. The van der Waals surface area contributed by atoms with Crippen LogP contribution in [0.15, 0.2) is 18.2 Å². The molecular weight excluding hydrogens is 360 g/mol. The molecule has 0 aliphatic heterocycles. The number of benzene rings is 1. The van der Waals surface area contributed by atoms with E-state index in [2.05, 4.69) is 4.18 Å². The Morgan fingerprint density at radius 1 is 1.15 bits per heavy atom. The first kappa shape index (κ1) is 18.2. The van der Waals surface area contributed by atoms with Gasteiger partial charge in [-0.05, 0) is 66.7 Å². The minimum Gasteiger partial charge on any atom is -0.390 e. The lowest BCUT2D eigenvalue weighted by molar-refractivity contribution is -0.0505. The molecule has 3 aliphatic carbocycles. The van der Waals surface area contributed by atoms with Gasteiger partial charge in [0.05, 0.1) is 12.2 Å². The molecule has 0 saturated heterocycles. The fourth-order valence-electron chi connectivity index (χ4n) is 5.79. The summed E-state index contributed by atoms with van der Waals surface area (Å²) in [4.78, 5) is 0. The number of hydrogen-bond donors (Lipinski definition) is 4. The van der Waals surface area contributed by atoms with E-state index in [1.807, 2.05) is 13.0 Å². The standard InChI is InChI=1S/C18H24O7S/c1-18-7-6-12-11-5-3-10(25-26(22,23)24)8-9(11)2-4-13(12)14(18)15(19)16(20)17(18)21/h3,5,8,12-17,19-21H,2,4,6-7H2,1H3,(H,22,23,24)/t12-,13-,14-,15-,16-,17+,18+/m1/s1. The molecule has 26 heavy (non-hydrogen) atoms. The Balaban J connectivity index is 1.67. The molecule has 2 fully saturated rings. The van der Waals surface area contributed by atoms with Gasteiger partial charge in [0.25, 0.3) is 0 Å². The van der Waals surface area contributed by atoms with E-state index in [1.54, 1.807) is 6.07 Å². The van der Waals surface area contributed by atoms with Crippen LogP contribution >= 0.6 is 0 Å². The van der Waals surface area contributed by atoms with Gasteiger partial charge in [-0.25, -0.2) is 0 Å². The van der Waals surface area contributed by atoms with Crippen molar-refractivity contribution in [2.45, 2.75) is 56.8 Å². The largest absolute Gasteiger partial charge is 0.446 e. The first-order chi connectivity index (χ1) is 12.1. The van der Waals surface area contributed by atoms with Crippen LogP contribution in [0.5, 0.6) is 5.75 Å². The summed E-state index contributed by atoms with van der Waals surface area (Å²) >= 11 is 0. The molecule has 1 aromatic rings. The lowest BCUT2D eigenvalue weighted by atomic mass is 9.55. The lowest BCUT2D eigenvalue weighted by Gasteiger charge is -2.50. The minimum absolute atomic E-state index is 0.0806. The second-order valence-electron chi connectivity index (χ2n) is 8.18. The highest BCUT2D eigenvalue weighted by Gasteiger charge is 2.62. The van der Waals surface area contributed by atoms with Gasteiger partial charge in [0.1, 0.15) is 11.9 Å². The average Bonchev–Trinajstić information content (AvgIpc) is 2.74. The van der Waals surface area contributed by atoms with Crippen molar-refractivity contribution in [3.63, 3.8) is 0 Å². The van der Waals surface area contributed by atoms with Gasteiger partial charge < -0.3 is 19.5 Å². The Kier molecular flexibility index (Phi) is 4.13. The molecular formula is C18H24O7S. The fraction of sp³-hybridized carbons (Fsp3) is 0.667. The zero-order chi connectivity index (χ0) is 18.9. The van der Waals surface area contributed by atoms with E-state index in [0.717, 1.165) is 24.0 Å². The molecule has 1 aromatic carbocycles. The van der Waals surface area contributed by atoms with Crippen molar-refractivity contribution in [3.8, 4) is 5.75 Å². The molecule has 0 unspecified atom stereocenters. The van der Waals surface area contributed by atoms with Crippen molar-refractivity contribution >= 4 is 10.4 Å². The Hall–Kier alpha value is -1.19. The molecule has 144 valence electrons. The molecule has 0 spiro atoms. The summed E-state index contributed by atoms with van der Waals surface area (Å²) in [6.07, 6.45) is 0.0304. The SMILES string of the molecule is C[C@]12CC[C@@H]3c4ccc(OS(=O)(=O)O)cc4CC[C@H]3[C@@H]1[C@@H](O)[C@@H](O)[C@@H]2O. The van der Waals surface area contributed by atoms with Crippen LogP contribution in [0.2, 0.25) is 0 Å². The summed E-state index contributed by atoms with van der Waals surface area (Å²) in [5.74, 6) is 0.241. The van der Waals surface area contributed by atoms with Crippen LogP contribution in [0, 0.1) is 17.3 Å². The third-order valence-electron chi connectivity index (χ3n) is 6.91. The smallest absolute Gasteiger partial charge is 0.390 e. The third-order valence-corrected chi connectivity index (χ3v) is 7.32. The number of aliphatic hydroxyl groups excluding tert-OH is 3. The molecule has 0 aromatic heterocycles. The van der Waals surface area contributed by atoms with Gasteiger partial charge in [-0.3, -0.25) is 4.55 Å². The average molecular weight is 384 g/mol. The Morgan fingerprint density at radius 2 is 1.88 bits per heavy atom. The Labute approximate surface area is 152 Å². The van der Waals surface area contributed by atoms with Gasteiger partial charge in [0.15, 0.2) is 0 Å². The van der Waals surface area contributed by atoms with Crippen LogP contribution in [-0.4, -0.2) is 46.6 Å². The van der Waals surface area contributed by atoms with Crippen molar-refractivity contribution < 1.29 is 32.5 Å². The second-order valence-corrected chi connectivity index (χ2v) is 9.20. The zero-order valence-electron chi connectivity index (χ0n) is 14.4. The molecule has 0 radical (unpaired) electrons. The molecule has 2 saturated carbocycles. The summed E-state index contributed by atoms with van der Waals surface area (Å²) in [7, 11) is -4.56. The van der Waals surface area contributed by atoms with E-state index >= 15 is 0 Å². The predicted molar refractivity (Wildman–Crippen MR) is 92.0 cm³/mol. The lowest BCUT2D eigenvalue weighted by Crippen LogP contribution is -2.46. The van der Waals surface area contributed by atoms with Gasteiger partial charge in [0, 0.05) is 5.41 Å². The minimum atomic E-state index is -4.56. The van der Waals surface area contributed by atoms with E-state index in [9.17, 15) is 23.7 Å². The summed E-state index contributed by atoms with van der Waals surface area (Å²) < 4.78 is 35.2. The molecule has 8 heteroatoms. The van der Waals surface area contributed by atoms with E-state index in [4.69, 9.17) is 4.55 Å². The quantitative estimate of drug-likeness (QED) is 0.561. The van der Waals surface area contributed by atoms with E-state index in [0.29, 0.717) is 12.8 Å². The summed E-state index contributed by atoms with van der Waals surface area (Å²) in [5.41, 5.74) is 1.57. The monoisotopic (exact) mass is 384 g/mol. The van der Waals surface area contributed by atoms with Crippen molar-refractivity contribution in [1.29, 1.82) is 0 Å². The predicted octanol–water partition coefficient (Wildman–Crippen LogP) is 1.03. The van der Waals surface area contributed by atoms with E-state index < -0.39 is 34.1 Å². The van der Waals surface area contributed by atoms with Gasteiger partial charge in [0.2, 0.25) is 0 Å². The van der Waals surface area contributed by atoms with Crippen LogP contribution in [0.25, 0.3) is 0 Å². The van der Waals surface area contributed by atoms with Gasteiger partial charge in [-0.2, -0.15) is 8.42 Å². The summed E-state index contributed by atoms with van der Waals surface area (Å²) in [6, 6.07) is 4.99. The summed E-state index contributed by atoms with van der Waals surface area (Å²) in [6.45, 7) is 1.95. The van der Waals surface area contributed by atoms with Crippen LogP contribution in [0.3, 0.4) is 0 Å². The second kappa shape index (κ2) is 5.90. The van der Waals surface area contributed by atoms with Crippen LogP contribution in [0.1, 0.15) is 43.2 Å². The number of aryl methyl sites for hydroxylation is 1. The summed E-state index contributed by atoms with van der Waals surface area (Å²) in [5, 5.41) is 31.2. The molecule has 4 N–H and O–H groups in total. The number of hydrogen-bond acceptors (Lipinski definition) is 6. The molecule has 7 nitrogen and oxygen atoms in total. The first-order valence-corrected chi connectivity index (χ1v) is 10.3.